The van der Waals surface area contributed by atoms with Crippen LogP contribution in [-0.2, 0) is 0 Å². The van der Waals surface area contributed by atoms with E-state index in [0.717, 1.165) is 18.6 Å². The molecule has 0 aliphatic heterocycles. The number of benzene rings is 1. The van der Waals surface area contributed by atoms with Crippen molar-refractivity contribution in [2.45, 2.75) is 12.8 Å². The van der Waals surface area contributed by atoms with E-state index in [9.17, 15) is 10.1 Å². The number of unbranched alkanes of at least 4 members (excludes halogenated alkanes) is 1. The molecule has 0 aliphatic carbocycles. The van der Waals surface area contributed by atoms with E-state index >= 15 is 0 Å². The smallest absolute Gasteiger partial charge is 0.314 e. The third kappa shape index (κ3) is 4.14. The fraction of sp³-hybridized carbons (Fsp3) is 0.455. The molecule has 1 rings (SSSR count). The van der Waals surface area contributed by atoms with Gasteiger partial charge in [0.15, 0.2) is 5.75 Å². The molecule has 94 valence electrons. The third-order valence-electron chi connectivity index (χ3n) is 2.17. The van der Waals surface area contributed by atoms with E-state index in [0.29, 0.717) is 12.4 Å². The molecule has 5 nitrogen and oxygen atoms in total. The van der Waals surface area contributed by atoms with Gasteiger partial charge in [-0.3, -0.25) is 10.1 Å². The molecule has 1 aromatic carbocycles. The standard InChI is InChI=1S/C11H15NO4S/c1-15-9-4-5-11(10(8-9)12(13)14)16-6-2-3-7-17/h4-5,8,17H,2-3,6-7H2,1H3. The third-order valence-corrected chi connectivity index (χ3v) is 2.49. The summed E-state index contributed by atoms with van der Waals surface area (Å²) in [7, 11) is 1.46. The number of methoxy groups -OCH3 is 1. The number of ether oxygens (including phenoxy) is 2. The van der Waals surface area contributed by atoms with Gasteiger partial charge in [-0.05, 0) is 30.7 Å². The number of thiol groups is 1. The maximum absolute atomic E-state index is 10.8. The number of hydrogen-bond donors (Lipinski definition) is 1. The van der Waals surface area contributed by atoms with Crippen LogP contribution in [-0.4, -0.2) is 24.4 Å². The number of nitrogens with zero attached hydrogens (tertiary/aromatic N) is 1. The average molecular weight is 257 g/mol. The van der Waals surface area contributed by atoms with E-state index in [-0.39, 0.29) is 11.4 Å². The molecular formula is C11H15NO4S. The van der Waals surface area contributed by atoms with Crippen LogP contribution in [0, 0.1) is 10.1 Å². The van der Waals surface area contributed by atoms with Gasteiger partial charge >= 0.3 is 5.69 Å². The van der Waals surface area contributed by atoms with Gasteiger partial charge in [-0.15, -0.1) is 0 Å². The highest BCUT2D eigenvalue weighted by atomic mass is 32.1. The van der Waals surface area contributed by atoms with Crippen LogP contribution in [0.1, 0.15) is 12.8 Å². The molecule has 0 amide bonds. The lowest BCUT2D eigenvalue weighted by Crippen LogP contribution is -2.01. The molecule has 0 heterocycles. The molecule has 0 aliphatic rings. The van der Waals surface area contributed by atoms with Gasteiger partial charge in [0.2, 0.25) is 0 Å². The highest BCUT2D eigenvalue weighted by Crippen LogP contribution is 2.31. The Morgan fingerprint density at radius 3 is 2.76 bits per heavy atom. The van der Waals surface area contributed by atoms with Crippen molar-refractivity contribution < 1.29 is 14.4 Å². The SMILES string of the molecule is COc1ccc(OCCCCS)c([N+](=O)[O-])c1. The maximum atomic E-state index is 10.8. The Labute approximate surface area is 105 Å². The lowest BCUT2D eigenvalue weighted by Gasteiger charge is -2.07. The summed E-state index contributed by atoms with van der Waals surface area (Å²) in [5, 5.41) is 10.8. The Bertz CT molecular complexity index is 384. The second-order valence-electron chi connectivity index (χ2n) is 3.37. The van der Waals surface area contributed by atoms with Crippen molar-refractivity contribution in [1.82, 2.24) is 0 Å². The van der Waals surface area contributed by atoms with Crippen LogP contribution >= 0.6 is 12.6 Å². The molecule has 6 heteroatoms. The summed E-state index contributed by atoms with van der Waals surface area (Å²) in [5.74, 6) is 1.50. The Morgan fingerprint density at radius 1 is 1.41 bits per heavy atom. The zero-order valence-corrected chi connectivity index (χ0v) is 10.5. The quantitative estimate of drug-likeness (QED) is 0.353. The molecular weight excluding hydrogens is 242 g/mol. The van der Waals surface area contributed by atoms with E-state index in [2.05, 4.69) is 12.6 Å². The molecule has 0 N–H and O–H groups in total. The second-order valence-corrected chi connectivity index (χ2v) is 3.82. The van der Waals surface area contributed by atoms with Gasteiger partial charge < -0.3 is 9.47 Å². The van der Waals surface area contributed by atoms with Crippen molar-refractivity contribution in [1.29, 1.82) is 0 Å². The summed E-state index contributed by atoms with van der Waals surface area (Å²) >= 11 is 4.08. The lowest BCUT2D eigenvalue weighted by atomic mass is 10.2. The summed E-state index contributed by atoms with van der Waals surface area (Å²) < 4.78 is 10.3. The summed E-state index contributed by atoms with van der Waals surface area (Å²) in [4.78, 5) is 10.4. The summed E-state index contributed by atoms with van der Waals surface area (Å²) in [6.07, 6.45) is 1.75. The molecule has 0 bridgehead atoms. The molecule has 0 aromatic heterocycles. The van der Waals surface area contributed by atoms with Crippen molar-refractivity contribution in [2.24, 2.45) is 0 Å². The maximum Gasteiger partial charge on any atom is 0.314 e. The summed E-state index contributed by atoms with van der Waals surface area (Å²) in [5.41, 5.74) is -0.0739. The van der Waals surface area contributed by atoms with E-state index in [1.807, 2.05) is 0 Å². The number of nitro groups is 1. The zero-order chi connectivity index (χ0) is 12.7. The largest absolute Gasteiger partial charge is 0.496 e. The van der Waals surface area contributed by atoms with E-state index in [4.69, 9.17) is 9.47 Å². The van der Waals surface area contributed by atoms with Gasteiger partial charge in [-0.1, -0.05) is 0 Å². The predicted octanol–water partition coefficient (Wildman–Crippen LogP) is 2.69. The van der Waals surface area contributed by atoms with Gasteiger partial charge in [0.25, 0.3) is 0 Å². The first-order valence-corrected chi connectivity index (χ1v) is 5.88. The van der Waals surface area contributed by atoms with Crippen LogP contribution in [0.15, 0.2) is 18.2 Å². The monoisotopic (exact) mass is 257 g/mol. The van der Waals surface area contributed by atoms with Crippen LogP contribution in [0.2, 0.25) is 0 Å². The number of nitro benzene ring substituents is 1. The molecule has 0 radical (unpaired) electrons. The first-order chi connectivity index (χ1) is 8.19. The van der Waals surface area contributed by atoms with Crippen LogP contribution in [0.25, 0.3) is 0 Å². The number of rotatable bonds is 7. The van der Waals surface area contributed by atoms with Gasteiger partial charge in [0.1, 0.15) is 5.75 Å². The fourth-order valence-corrected chi connectivity index (χ4v) is 1.51. The van der Waals surface area contributed by atoms with E-state index in [1.54, 1.807) is 12.1 Å². The number of hydrogen-bond acceptors (Lipinski definition) is 5. The topological polar surface area (TPSA) is 61.6 Å². The highest BCUT2D eigenvalue weighted by molar-refractivity contribution is 7.80. The minimum atomic E-state index is -0.476. The normalized spacial score (nSPS) is 10.0. The first kappa shape index (κ1) is 13.6. The Balaban J connectivity index is 2.73. The van der Waals surface area contributed by atoms with Gasteiger partial charge in [0.05, 0.1) is 24.7 Å². The Hall–Kier alpha value is -1.43. The zero-order valence-electron chi connectivity index (χ0n) is 9.59. The molecule has 17 heavy (non-hydrogen) atoms. The van der Waals surface area contributed by atoms with Gasteiger partial charge in [-0.25, -0.2) is 0 Å². The van der Waals surface area contributed by atoms with Crippen LogP contribution in [0.3, 0.4) is 0 Å². The molecule has 1 aromatic rings. The Kier molecular flexibility index (Phi) is 5.62. The lowest BCUT2D eigenvalue weighted by molar-refractivity contribution is -0.385. The van der Waals surface area contributed by atoms with Crippen LogP contribution in [0.5, 0.6) is 11.5 Å². The van der Waals surface area contributed by atoms with Crippen LogP contribution in [0.4, 0.5) is 5.69 Å². The average Bonchev–Trinajstić information content (AvgIpc) is 2.34. The highest BCUT2D eigenvalue weighted by Gasteiger charge is 2.16. The van der Waals surface area contributed by atoms with Gasteiger partial charge in [-0.2, -0.15) is 12.6 Å². The molecule has 0 spiro atoms. The minimum Gasteiger partial charge on any atom is -0.496 e. The first-order valence-electron chi connectivity index (χ1n) is 5.25. The Morgan fingerprint density at radius 2 is 2.18 bits per heavy atom. The molecule has 0 atom stereocenters. The van der Waals surface area contributed by atoms with E-state index in [1.165, 1.54) is 13.2 Å². The van der Waals surface area contributed by atoms with Crippen molar-refractivity contribution in [2.75, 3.05) is 19.5 Å². The molecule has 0 unspecified atom stereocenters. The molecule has 0 fully saturated rings. The van der Waals surface area contributed by atoms with Crippen molar-refractivity contribution >= 4 is 18.3 Å². The molecule has 0 saturated carbocycles. The predicted molar refractivity (Wildman–Crippen MR) is 68.2 cm³/mol. The second kappa shape index (κ2) is 7.01. The van der Waals surface area contributed by atoms with Crippen LogP contribution < -0.4 is 9.47 Å². The molecule has 0 saturated heterocycles. The van der Waals surface area contributed by atoms with E-state index < -0.39 is 4.92 Å². The van der Waals surface area contributed by atoms with Crippen molar-refractivity contribution in [3.63, 3.8) is 0 Å². The summed E-state index contributed by atoms with van der Waals surface area (Å²) in [6.45, 7) is 0.452. The fourth-order valence-electron chi connectivity index (χ4n) is 1.28. The minimum absolute atomic E-state index is 0.0739. The van der Waals surface area contributed by atoms with Crippen molar-refractivity contribution in [3.8, 4) is 11.5 Å². The summed E-state index contributed by atoms with van der Waals surface area (Å²) in [6, 6.07) is 4.55. The van der Waals surface area contributed by atoms with Crippen molar-refractivity contribution in [3.05, 3.63) is 28.3 Å². The van der Waals surface area contributed by atoms with Gasteiger partial charge in [0, 0.05) is 0 Å².